The molecule has 0 aromatic heterocycles. The van der Waals surface area contributed by atoms with Crippen LogP contribution in [0, 0.1) is 5.82 Å². The zero-order valence-electron chi connectivity index (χ0n) is 10.6. The van der Waals surface area contributed by atoms with Crippen LogP contribution in [0.2, 0.25) is 0 Å². The Morgan fingerprint density at radius 3 is 2.82 bits per heavy atom. The van der Waals surface area contributed by atoms with Gasteiger partial charge in [0.2, 0.25) is 0 Å². The Hall–Kier alpha value is -1.19. The van der Waals surface area contributed by atoms with Crippen molar-refractivity contribution in [2.45, 2.75) is 13.0 Å². The van der Waals surface area contributed by atoms with Gasteiger partial charge in [-0.2, -0.15) is 0 Å². The first-order valence-electron chi connectivity index (χ1n) is 5.93. The van der Waals surface area contributed by atoms with Gasteiger partial charge in [0.1, 0.15) is 5.82 Å². The maximum Gasteiger partial charge on any atom is 0.127 e. The zero-order chi connectivity index (χ0) is 12.7. The molecule has 1 aromatic carbocycles. The van der Waals surface area contributed by atoms with E-state index < -0.39 is 0 Å². The average Bonchev–Trinajstić information content (AvgIpc) is 2.34. The summed E-state index contributed by atoms with van der Waals surface area (Å²) in [7, 11) is 2.01. The Morgan fingerprint density at radius 1 is 1.47 bits per heavy atom. The minimum atomic E-state index is -0.133. The third-order valence-corrected chi connectivity index (χ3v) is 2.95. The Morgan fingerprint density at radius 2 is 2.18 bits per heavy atom. The molecule has 0 amide bonds. The molecule has 0 aliphatic heterocycles. The molecule has 1 atom stereocenters. The van der Waals surface area contributed by atoms with E-state index in [1.165, 1.54) is 6.07 Å². The number of likely N-dealkylation sites (N-methyl/N-ethyl adjacent to an activating group) is 1. The summed E-state index contributed by atoms with van der Waals surface area (Å²) >= 11 is 0. The van der Waals surface area contributed by atoms with Gasteiger partial charge in [-0.25, -0.2) is 4.39 Å². The number of hydrogen-bond acceptors (Lipinski definition) is 2. The molecular weight excluding hydrogens is 215 g/mol. The molecule has 0 saturated carbocycles. The fourth-order valence-electron chi connectivity index (χ4n) is 1.70. The van der Waals surface area contributed by atoms with Crippen LogP contribution in [-0.4, -0.2) is 31.6 Å². The first-order valence-corrected chi connectivity index (χ1v) is 5.93. The van der Waals surface area contributed by atoms with Gasteiger partial charge in [-0.15, -0.1) is 6.58 Å². The minimum absolute atomic E-state index is 0.0849. The van der Waals surface area contributed by atoms with E-state index in [0.29, 0.717) is 0 Å². The monoisotopic (exact) mass is 236 g/mol. The predicted octanol–water partition coefficient (Wildman–Crippen LogP) is 2.59. The standard InChI is InChI=1S/C14H21FN2/c1-4-9-16-10-11-17(3)12(2)13-7-5-6-8-14(13)15/h4-8,12,16H,1,9-11H2,2-3H3. The van der Waals surface area contributed by atoms with Crippen molar-refractivity contribution in [2.24, 2.45) is 0 Å². The van der Waals surface area contributed by atoms with Crippen LogP contribution >= 0.6 is 0 Å². The molecule has 0 heterocycles. The fraction of sp³-hybridized carbons (Fsp3) is 0.429. The molecule has 1 aromatic rings. The van der Waals surface area contributed by atoms with E-state index >= 15 is 0 Å². The molecule has 3 heteroatoms. The second kappa shape index (κ2) is 7.20. The second-order valence-corrected chi connectivity index (χ2v) is 4.17. The van der Waals surface area contributed by atoms with Crippen LogP contribution in [-0.2, 0) is 0 Å². The first kappa shape index (κ1) is 13.9. The lowest BCUT2D eigenvalue weighted by Crippen LogP contribution is -2.31. The zero-order valence-corrected chi connectivity index (χ0v) is 10.6. The number of nitrogens with one attached hydrogen (secondary N) is 1. The van der Waals surface area contributed by atoms with Crippen molar-refractivity contribution in [1.82, 2.24) is 10.2 Å². The van der Waals surface area contributed by atoms with E-state index in [9.17, 15) is 4.39 Å². The van der Waals surface area contributed by atoms with Gasteiger partial charge in [-0.1, -0.05) is 24.3 Å². The van der Waals surface area contributed by atoms with Crippen molar-refractivity contribution >= 4 is 0 Å². The van der Waals surface area contributed by atoms with Crippen molar-refractivity contribution in [2.75, 3.05) is 26.7 Å². The Balaban J connectivity index is 2.49. The van der Waals surface area contributed by atoms with Crippen LogP contribution in [0.1, 0.15) is 18.5 Å². The van der Waals surface area contributed by atoms with Gasteiger partial charge in [-0.3, -0.25) is 4.90 Å². The van der Waals surface area contributed by atoms with Gasteiger partial charge < -0.3 is 5.32 Å². The Bertz CT molecular complexity index is 352. The lowest BCUT2D eigenvalue weighted by Gasteiger charge is -2.25. The lowest BCUT2D eigenvalue weighted by molar-refractivity contribution is 0.257. The van der Waals surface area contributed by atoms with Crippen LogP contribution in [0.25, 0.3) is 0 Å². The molecule has 0 saturated heterocycles. The lowest BCUT2D eigenvalue weighted by atomic mass is 10.1. The highest BCUT2D eigenvalue weighted by Crippen LogP contribution is 2.20. The Labute approximate surface area is 103 Å². The van der Waals surface area contributed by atoms with Gasteiger partial charge in [-0.05, 0) is 20.0 Å². The van der Waals surface area contributed by atoms with Crippen molar-refractivity contribution in [1.29, 1.82) is 0 Å². The average molecular weight is 236 g/mol. The normalized spacial score (nSPS) is 12.7. The van der Waals surface area contributed by atoms with E-state index in [1.807, 2.05) is 32.2 Å². The number of halogens is 1. The summed E-state index contributed by atoms with van der Waals surface area (Å²) in [6.07, 6.45) is 1.83. The summed E-state index contributed by atoms with van der Waals surface area (Å²) < 4.78 is 13.6. The SMILES string of the molecule is C=CCNCCN(C)C(C)c1ccccc1F. The van der Waals surface area contributed by atoms with Crippen molar-refractivity contribution in [3.8, 4) is 0 Å². The molecule has 94 valence electrons. The van der Waals surface area contributed by atoms with E-state index in [1.54, 1.807) is 6.07 Å². The summed E-state index contributed by atoms with van der Waals surface area (Å²) in [6.45, 7) is 8.23. The van der Waals surface area contributed by atoms with E-state index in [2.05, 4.69) is 16.8 Å². The van der Waals surface area contributed by atoms with E-state index in [4.69, 9.17) is 0 Å². The summed E-state index contributed by atoms with van der Waals surface area (Å²) in [5.41, 5.74) is 0.749. The highest BCUT2D eigenvalue weighted by atomic mass is 19.1. The molecule has 2 nitrogen and oxygen atoms in total. The highest BCUT2D eigenvalue weighted by molar-refractivity contribution is 5.20. The molecule has 0 bridgehead atoms. The first-order chi connectivity index (χ1) is 8.16. The van der Waals surface area contributed by atoms with Gasteiger partial charge in [0.15, 0.2) is 0 Å². The van der Waals surface area contributed by atoms with Crippen LogP contribution < -0.4 is 5.32 Å². The minimum Gasteiger partial charge on any atom is -0.312 e. The smallest absolute Gasteiger partial charge is 0.127 e. The van der Waals surface area contributed by atoms with Gasteiger partial charge in [0.05, 0.1) is 0 Å². The van der Waals surface area contributed by atoms with Crippen LogP contribution in [0.3, 0.4) is 0 Å². The summed E-state index contributed by atoms with van der Waals surface area (Å²) in [5, 5.41) is 3.23. The maximum atomic E-state index is 13.6. The molecule has 1 N–H and O–H groups in total. The highest BCUT2D eigenvalue weighted by Gasteiger charge is 2.14. The van der Waals surface area contributed by atoms with Gasteiger partial charge >= 0.3 is 0 Å². The van der Waals surface area contributed by atoms with E-state index in [0.717, 1.165) is 25.2 Å². The fourth-order valence-corrected chi connectivity index (χ4v) is 1.70. The number of rotatable bonds is 7. The molecule has 0 aliphatic carbocycles. The summed E-state index contributed by atoms with van der Waals surface area (Å²) in [6, 6.07) is 7.03. The largest absolute Gasteiger partial charge is 0.312 e. The molecule has 0 fully saturated rings. The quantitative estimate of drug-likeness (QED) is 0.578. The van der Waals surface area contributed by atoms with Gasteiger partial charge in [0, 0.05) is 31.2 Å². The maximum absolute atomic E-state index is 13.6. The van der Waals surface area contributed by atoms with Crippen LogP contribution in [0.5, 0.6) is 0 Å². The summed E-state index contributed by atoms with van der Waals surface area (Å²) in [4.78, 5) is 2.13. The number of benzene rings is 1. The topological polar surface area (TPSA) is 15.3 Å². The van der Waals surface area contributed by atoms with Crippen molar-refractivity contribution in [3.05, 3.63) is 48.3 Å². The molecule has 1 unspecified atom stereocenters. The van der Waals surface area contributed by atoms with Crippen LogP contribution in [0.15, 0.2) is 36.9 Å². The second-order valence-electron chi connectivity index (χ2n) is 4.17. The van der Waals surface area contributed by atoms with Crippen molar-refractivity contribution < 1.29 is 4.39 Å². The third-order valence-electron chi connectivity index (χ3n) is 2.95. The molecule has 17 heavy (non-hydrogen) atoms. The molecule has 0 radical (unpaired) electrons. The van der Waals surface area contributed by atoms with Crippen molar-refractivity contribution in [3.63, 3.8) is 0 Å². The molecular formula is C14H21FN2. The van der Waals surface area contributed by atoms with Gasteiger partial charge in [0.25, 0.3) is 0 Å². The predicted molar refractivity (Wildman–Crippen MR) is 70.5 cm³/mol. The Kier molecular flexibility index (Phi) is 5.87. The molecule has 1 rings (SSSR count). The number of nitrogens with zero attached hydrogens (tertiary/aromatic N) is 1. The third kappa shape index (κ3) is 4.29. The van der Waals surface area contributed by atoms with Crippen LogP contribution in [0.4, 0.5) is 4.39 Å². The number of hydrogen-bond donors (Lipinski definition) is 1. The van der Waals surface area contributed by atoms with E-state index in [-0.39, 0.29) is 11.9 Å². The molecule has 0 aliphatic rings. The summed E-state index contributed by atoms with van der Waals surface area (Å²) in [5.74, 6) is -0.133. The molecule has 0 spiro atoms.